The molecule has 2 rings (SSSR count). The fourth-order valence-electron chi connectivity index (χ4n) is 2.81. The Hall–Kier alpha value is -1.16. The molecule has 0 unspecified atom stereocenters. The largest absolute Gasteiger partial charge is 0.328 e. The summed E-state index contributed by atoms with van der Waals surface area (Å²) in [4.78, 5) is 19.4. The van der Waals surface area contributed by atoms with Gasteiger partial charge in [0.15, 0.2) is 5.82 Å². The fourth-order valence-corrected chi connectivity index (χ4v) is 2.81. The van der Waals surface area contributed by atoms with Crippen LogP contribution in [0, 0.1) is 0 Å². The van der Waals surface area contributed by atoms with E-state index in [4.69, 9.17) is 0 Å². The Morgan fingerprint density at radius 2 is 2.00 bits per heavy atom. The van der Waals surface area contributed by atoms with Gasteiger partial charge in [0, 0.05) is 18.9 Å². The summed E-state index contributed by atoms with van der Waals surface area (Å²) in [7, 11) is 0. The number of nitrogens with zero attached hydrogens (tertiary/aromatic N) is 3. The van der Waals surface area contributed by atoms with E-state index in [1.165, 1.54) is 19.3 Å². The number of carbonyl (C=O) groups excluding carboxylic acids is 1. The molecule has 0 aliphatic carbocycles. The van der Waals surface area contributed by atoms with Crippen LogP contribution >= 0.6 is 0 Å². The van der Waals surface area contributed by atoms with Crippen LogP contribution in [0.25, 0.3) is 0 Å². The van der Waals surface area contributed by atoms with Gasteiger partial charge in [-0.25, -0.2) is 4.98 Å². The molecule has 1 aliphatic rings. The fraction of sp³-hybridized carbons (Fsp3) is 0.733. The lowest BCUT2D eigenvalue weighted by atomic mass is 9.93. The van der Waals surface area contributed by atoms with Crippen LogP contribution in [0.1, 0.15) is 57.1 Å². The summed E-state index contributed by atoms with van der Waals surface area (Å²) in [5.41, 5.74) is -0.447. The van der Waals surface area contributed by atoms with E-state index in [9.17, 15) is 4.79 Å². The third kappa shape index (κ3) is 2.89. The smallest absolute Gasteiger partial charge is 0.217 e. The number of carbonyl (C=O) groups is 1. The van der Waals surface area contributed by atoms with Crippen LogP contribution < -0.4 is 0 Å². The molecular formula is C15H25N3O. The molecule has 1 aromatic heterocycles. The zero-order valence-electron chi connectivity index (χ0n) is 12.4. The molecule has 2 heterocycles. The van der Waals surface area contributed by atoms with Gasteiger partial charge in [0.1, 0.15) is 0 Å². The monoisotopic (exact) mass is 263 g/mol. The van der Waals surface area contributed by atoms with Crippen molar-refractivity contribution in [3.8, 4) is 0 Å². The molecule has 0 spiro atoms. The molecule has 0 aromatic carbocycles. The molecule has 1 aromatic rings. The van der Waals surface area contributed by atoms with Gasteiger partial charge in [-0.15, -0.1) is 0 Å². The van der Waals surface area contributed by atoms with Crippen molar-refractivity contribution in [1.82, 2.24) is 14.5 Å². The Labute approximate surface area is 115 Å². The van der Waals surface area contributed by atoms with Crippen LogP contribution in [0.15, 0.2) is 12.4 Å². The van der Waals surface area contributed by atoms with E-state index < -0.39 is 5.54 Å². The minimum absolute atomic E-state index is 0.146. The maximum absolute atomic E-state index is 12.8. The summed E-state index contributed by atoms with van der Waals surface area (Å²) in [6.45, 7) is 9.08. The first-order valence-electron chi connectivity index (χ1n) is 7.38. The van der Waals surface area contributed by atoms with E-state index in [2.05, 4.69) is 16.8 Å². The zero-order valence-corrected chi connectivity index (χ0v) is 12.4. The van der Waals surface area contributed by atoms with Crippen molar-refractivity contribution in [1.29, 1.82) is 0 Å². The number of imidazole rings is 1. The van der Waals surface area contributed by atoms with Gasteiger partial charge < -0.3 is 4.57 Å². The molecule has 19 heavy (non-hydrogen) atoms. The summed E-state index contributed by atoms with van der Waals surface area (Å²) in [6, 6.07) is 0. The highest BCUT2D eigenvalue weighted by atomic mass is 16.1. The maximum atomic E-state index is 12.8. The van der Waals surface area contributed by atoms with Gasteiger partial charge in [0.05, 0.1) is 5.54 Å². The standard InChI is InChI=1S/C15H25N3O/c1-4-9-17-12-8-16-14(17)13(19)15(2,3)18-10-6-5-7-11-18/h8,12H,4-7,9-11H2,1-3H3. The Morgan fingerprint density at radius 1 is 1.32 bits per heavy atom. The van der Waals surface area contributed by atoms with Crippen LogP contribution in [-0.2, 0) is 6.54 Å². The summed E-state index contributed by atoms with van der Waals surface area (Å²) >= 11 is 0. The van der Waals surface area contributed by atoms with Crippen molar-refractivity contribution in [2.45, 2.75) is 58.5 Å². The highest BCUT2D eigenvalue weighted by Gasteiger charge is 2.37. The normalized spacial score (nSPS) is 17.6. The van der Waals surface area contributed by atoms with E-state index in [1.54, 1.807) is 6.20 Å². The number of rotatable bonds is 5. The number of hydrogen-bond donors (Lipinski definition) is 0. The first kappa shape index (κ1) is 14.3. The molecule has 4 heteroatoms. The van der Waals surface area contributed by atoms with Crippen LogP contribution in [0.4, 0.5) is 0 Å². The van der Waals surface area contributed by atoms with Crippen molar-refractivity contribution in [2.24, 2.45) is 0 Å². The predicted molar refractivity (Wildman–Crippen MR) is 76.4 cm³/mol. The number of aryl methyl sites for hydroxylation is 1. The molecule has 4 nitrogen and oxygen atoms in total. The molecule has 0 N–H and O–H groups in total. The lowest BCUT2D eigenvalue weighted by Crippen LogP contribution is -2.52. The average molecular weight is 263 g/mol. The van der Waals surface area contributed by atoms with Crippen LogP contribution in [-0.4, -0.2) is 38.9 Å². The quantitative estimate of drug-likeness (QED) is 0.767. The van der Waals surface area contributed by atoms with E-state index in [0.717, 1.165) is 26.1 Å². The van der Waals surface area contributed by atoms with Crippen molar-refractivity contribution in [3.05, 3.63) is 18.2 Å². The summed E-state index contributed by atoms with van der Waals surface area (Å²) in [6.07, 6.45) is 8.32. The minimum atomic E-state index is -0.447. The molecular weight excluding hydrogens is 238 g/mol. The molecule has 1 aliphatic heterocycles. The van der Waals surface area contributed by atoms with E-state index >= 15 is 0 Å². The number of hydrogen-bond acceptors (Lipinski definition) is 3. The van der Waals surface area contributed by atoms with Crippen LogP contribution in [0.3, 0.4) is 0 Å². The average Bonchev–Trinajstić information content (AvgIpc) is 2.87. The molecule has 0 radical (unpaired) electrons. The molecule has 106 valence electrons. The SMILES string of the molecule is CCCn1ccnc1C(=O)C(C)(C)N1CCCCC1. The van der Waals surface area contributed by atoms with Gasteiger partial charge in [-0.2, -0.15) is 0 Å². The first-order valence-corrected chi connectivity index (χ1v) is 7.38. The second kappa shape index (κ2) is 5.87. The van der Waals surface area contributed by atoms with Crippen molar-refractivity contribution in [2.75, 3.05) is 13.1 Å². The lowest BCUT2D eigenvalue weighted by Gasteiger charge is -2.39. The molecule has 0 bridgehead atoms. The lowest BCUT2D eigenvalue weighted by molar-refractivity contribution is 0.0564. The maximum Gasteiger partial charge on any atom is 0.217 e. The van der Waals surface area contributed by atoms with Gasteiger partial charge in [-0.3, -0.25) is 9.69 Å². The van der Waals surface area contributed by atoms with Crippen molar-refractivity contribution < 1.29 is 4.79 Å². The number of Topliss-reactive ketones (excluding diaryl/α,β-unsaturated/α-hetero) is 1. The van der Waals surface area contributed by atoms with E-state index in [1.807, 2.05) is 24.6 Å². The van der Waals surface area contributed by atoms with E-state index in [-0.39, 0.29) is 5.78 Å². The molecule has 0 saturated carbocycles. The predicted octanol–water partition coefficient (Wildman–Crippen LogP) is 2.74. The summed E-state index contributed by atoms with van der Waals surface area (Å²) < 4.78 is 1.98. The van der Waals surface area contributed by atoms with Gasteiger partial charge in [-0.1, -0.05) is 13.3 Å². The molecule has 1 fully saturated rings. The Bertz CT molecular complexity index is 430. The van der Waals surface area contributed by atoms with Gasteiger partial charge in [0.25, 0.3) is 0 Å². The zero-order chi connectivity index (χ0) is 13.9. The third-order valence-electron chi connectivity index (χ3n) is 4.09. The Balaban J connectivity index is 2.18. The first-order chi connectivity index (χ1) is 9.07. The molecule has 0 amide bonds. The van der Waals surface area contributed by atoms with Gasteiger partial charge >= 0.3 is 0 Å². The number of piperidine rings is 1. The number of likely N-dealkylation sites (tertiary alicyclic amines) is 1. The molecule has 0 atom stereocenters. The van der Waals surface area contributed by atoms with Crippen LogP contribution in [0.2, 0.25) is 0 Å². The summed E-state index contributed by atoms with van der Waals surface area (Å²) in [5.74, 6) is 0.755. The van der Waals surface area contributed by atoms with Crippen molar-refractivity contribution >= 4 is 5.78 Å². The highest BCUT2D eigenvalue weighted by Crippen LogP contribution is 2.24. The van der Waals surface area contributed by atoms with Crippen LogP contribution in [0.5, 0.6) is 0 Å². The van der Waals surface area contributed by atoms with Gasteiger partial charge in [-0.05, 0) is 46.2 Å². The Morgan fingerprint density at radius 3 is 2.63 bits per heavy atom. The van der Waals surface area contributed by atoms with Crippen molar-refractivity contribution in [3.63, 3.8) is 0 Å². The molecule has 1 saturated heterocycles. The van der Waals surface area contributed by atoms with E-state index in [0.29, 0.717) is 5.82 Å². The summed E-state index contributed by atoms with van der Waals surface area (Å²) in [5, 5.41) is 0. The highest BCUT2D eigenvalue weighted by molar-refractivity contribution is 6.00. The topological polar surface area (TPSA) is 38.1 Å². The number of ketones is 1. The third-order valence-corrected chi connectivity index (χ3v) is 4.09. The van der Waals surface area contributed by atoms with Gasteiger partial charge in [0.2, 0.25) is 5.78 Å². The Kier molecular flexibility index (Phi) is 4.40. The second-order valence-electron chi connectivity index (χ2n) is 5.88. The second-order valence-corrected chi connectivity index (χ2v) is 5.88. The number of aromatic nitrogens is 2. The minimum Gasteiger partial charge on any atom is -0.328 e.